The number of nitrogens with one attached hydrogen (secondary N) is 1. The van der Waals surface area contributed by atoms with E-state index in [0.717, 1.165) is 5.56 Å². The third kappa shape index (κ3) is 5.49. The third-order valence-electron chi connectivity index (χ3n) is 3.48. The van der Waals surface area contributed by atoms with Crippen LogP contribution in [0, 0.1) is 0 Å². The molecule has 0 saturated heterocycles. The molecule has 1 amide bonds. The second-order valence-corrected chi connectivity index (χ2v) is 6.09. The number of methoxy groups -OCH3 is 1. The minimum absolute atomic E-state index is 0.0101. The zero-order valence-electron chi connectivity index (χ0n) is 13.6. The van der Waals surface area contributed by atoms with Gasteiger partial charge < -0.3 is 19.9 Å². The Morgan fingerprint density at radius 2 is 1.88 bits per heavy atom. The number of carbonyl (C=O) groups is 2. The lowest BCUT2D eigenvalue weighted by Crippen LogP contribution is -2.43. The largest absolute Gasteiger partial charge is 0.506 e. The molecule has 6 nitrogen and oxygen atoms in total. The molecule has 0 aromatic heterocycles. The molecular formula is C18H18BrNO5. The Labute approximate surface area is 153 Å². The lowest BCUT2D eigenvalue weighted by atomic mass is 10.1. The van der Waals surface area contributed by atoms with Gasteiger partial charge in [-0.15, -0.1) is 0 Å². The third-order valence-corrected chi connectivity index (χ3v) is 4.12. The molecule has 0 aliphatic rings. The number of ether oxygens (including phenoxy) is 2. The molecule has 2 aromatic carbocycles. The van der Waals surface area contributed by atoms with Gasteiger partial charge in [0.2, 0.25) is 0 Å². The minimum atomic E-state index is -0.978. The van der Waals surface area contributed by atoms with E-state index in [1.54, 1.807) is 18.2 Å². The van der Waals surface area contributed by atoms with E-state index in [1.807, 2.05) is 30.3 Å². The monoisotopic (exact) mass is 407 g/mol. The number of hydrogen-bond donors (Lipinski definition) is 2. The quantitative estimate of drug-likeness (QED) is 0.718. The summed E-state index contributed by atoms with van der Waals surface area (Å²) in [5.74, 6) is -0.619. The molecule has 0 saturated carbocycles. The summed E-state index contributed by atoms with van der Waals surface area (Å²) in [6.07, 6.45) is -0.674. The van der Waals surface area contributed by atoms with E-state index >= 15 is 0 Å². The van der Waals surface area contributed by atoms with Gasteiger partial charge in [-0.2, -0.15) is 0 Å². The maximum absolute atomic E-state index is 12.0. The van der Waals surface area contributed by atoms with Crippen molar-refractivity contribution in [2.24, 2.45) is 0 Å². The Balaban J connectivity index is 2.01. The van der Waals surface area contributed by atoms with Crippen LogP contribution in [0.3, 0.4) is 0 Å². The second kappa shape index (κ2) is 9.08. The van der Waals surface area contributed by atoms with Crippen LogP contribution in [0.5, 0.6) is 5.75 Å². The highest BCUT2D eigenvalue weighted by molar-refractivity contribution is 9.10. The molecular weight excluding hydrogens is 390 g/mol. The van der Waals surface area contributed by atoms with E-state index in [-0.39, 0.29) is 18.8 Å². The van der Waals surface area contributed by atoms with Crippen LogP contribution in [-0.4, -0.2) is 30.3 Å². The maximum Gasteiger partial charge on any atom is 0.408 e. The van der Waals surface area contributed by atoms with E-state index in [9.17, 15) is 14.7 Å². The van der Waals surface area contributed by atoms with Crippen LogP contribution in [0.15, 0.2) is 53.0 Å². The van der Waals surface area contributed by atoms with Crippen molar-refractivity contribution in [3.63, 3.8) is 0 Å². The number of phenolic OH excluding ortho intramolecular Hbond substituents is 1. The van der Waals surface area contributed by atoms with Gasteiger partial charge in [0.05, 0.1) is 11.6 Å². The predicted molar refractivity (Wildman–Crippen MR) is 95.1 cm³/mol. The highest BCUT2D eigenvalue weighted by Crippen LogP contribution is 2.28. The number of phenols is 1. The van der Waals surface area contributed by atoms with E-state index in [2.05, 4.69) is 21.2 Å². The smallest absolute Gasteiger partial charge is 0.408 e. The number of esters is 1. The van der Waals surface area contributed by atoms with E-state index in [1.165, 1.54) is 7.11 Å². The number of alkyl carbamates (subject to hydrolysis) is 1. The zero-order chi connectivity index (χ0) is 18.2. The molecule has 0 fully saturated rings. The summed E-state index contributed by atoms with van der Waals surface area (Å²) in [6.45, 7) is 0.0860. The first-order chi connectivity index (χ1) is 12.0. The Kier molecular flexibility index (Phi) is 6.82. The Bertz CT molecular complexity index is 736. The van der Waals surface area contributed by atoms with Crippen LogP contribution in [0.4, 0.5) is 4.79 Å². The minimum Gasteiger partial charge on any atom is -0.506 e. The normalized spacial score (nSPS) is 11.4. The molecule has 1 atom stereocenters. The van der Waals surface area contributed by atoms with Gasteiger partial charge in [-0.3, -0.25) is 0 Å². The first-order valence-electron chi connectivity index (χ1n) is 7.52. The van der Waals surface area contributed by atoms with Gasteiger partial charge in [0, 0.05) is 6.42 Å². The van der Waals surface area contributed by atoms with Gasteiger partial charge in [0.1, 0.15) is 18.4 Å². The number of rotatable bonds is 6. The summed E-state index contributed by atoms with van der Waals surface area (Å²) < 4.78 is 10.3. The van der Waals surface area contributed by atoms with Crippen LogP contribution in [-0.2, 0) is 27.3 Å². The van der Waals surface area contributed by atoms with Gasteiger partial charge in [0.15, 0.2) is 0 Å². The summed E-state index contributed by atoms with van der Waals surface area (Å²) in [5, 5.41) is 12.5. The molecule has 2 aromatic rings. The van der Waals surface area contributed by atoms with Crippen LogP contribution in [0.25, 0.3) is 0 Å². The van der Waals surface area contributed by atoms with Crippen molar-refractivity contribution < 1.29 is 24.2 Å². The molecule has 0 bridgehead atoms. The highest BCUT2D eigenvalue weighted by Gasteiger charge is 2.24. The number of carbonyl (C=O) groups excluding carboxylic acids is 2. The van der Waals surface area contributed by atoms with Crippen molar-refractivity contribution in [1.82, 2.24) is 5.32 Å². The van der Waals surface area contributed by atoms with E-state index in [4.69, 9.17) is 9.47 Å². The molecule has 0 spiro atoms. The summed E-state index contributed by atoms with van der Waals surface area (Å²) in [6, 6.07) is 13.3. The number of benzene rings is 2. The summed E-state index contributed by atoms with van der Waals surface area (Å²) >= 11 is 3.21. The number of hydrogen-bond acceptors (Lipinski definition) is 5. The van der Waals surface area contributed by atoms with E-state index < -0.39 is 18.1 Å². The Hall–Kier alpha value is -2.54. The molecule has 132 valence electrons. The van der Waals surface area contributed by atoms with Crippen LogP contribution in [0.1, 0.15) is 11.1 Å². The number of amides is 1. The predicted octanol–water partition coefficient (Wildman–Crippen LogP) is 3.17. The highest BCUT2D eigenvalue weighted by atomic mass is 79.9. The number of para-hydroxylation sites is 1. The number of aromatic hydroxyl groups is 1. The summed E-state index contributed by atoms with van der Waals surface area (Å²) in [4.78, 5) is 23.9. The van der Waals surface area contributed by atoms with Crippen molar-refractivity contribution in [2.75, 3.05) is 7.11 Å². The topological polar surface area (TPSA) is 84.9 Å². The lowest BCUT2D eigenvalue weighted by Gasteiger charge is -2.17. The van der Waals surface area contributed by atoms with Gasteiger partial charge in [-0.25, -0.2) is 9.59 Å². The summed E-state index contributed by atoms with van der Waals surface area (Å²) in [5.41, 5.74) is 1.32. The standard InChI is InChI=1S/C18H18BrNO5/c1-24-17(22)15(10-13-8-5-9-14(19)16(13)21)20-18(23)25-11-12-6-3-2-4-7-12/h2-9,15,21H,10-11H2,1H3,(H,20,23)/t15-/m0/s1. The van der Waals surface area contributed by atoms with Crippen molar-refractivity contribution >= 4 is 28.0 Å². The first-order valence-corrected chi connectivity index (χ1v) is 8.32. The Morgan fingerprint density at radius 3 is 2.56 bits per heavy atom. The fraction of sp³-hybridized carbons (Fsp3) is 0.222. The maximum atomic E-state index is 12.0. The first kappa shape index (κ1) is 18.8. The van der Waals surface area contributed by atoms with Crippen LogP contribution >= 0.6 is 15.9 Å². The molecule has 25 heavy (non-hydrogen) atoms. The van der Waals surface area contributed by atoms with Crippen molar-refractivity contribution in [3.8, 4) is 5.75 Å². The molecule has 0 unspecified atom stereocenters. The van der Waals surface area contributed by atoms with Crippen molar-refractivity contribution in [1.29, 1.82) is 0 Å². The van der Waals surface area contributed by atoms with Gasteiger partial charge in [-0.05, 0) is 33.1 Å². The molecule has 0 aliphatic heterocycles. The average molecular weight is 408 g/mol. The lowest BCUT2D eigenvalue weighted by molar-refractivity contribution is -0.143. The van der Waals surface area contributed by atoms with Gasteiger partial charge in [0.25, 0.3) is 0 Å². The number of halogens is 1. The molecule has 0 aliphatic carbocycles. The molecule has 7 heteroatoms. The zero-order valence-corrected chi connectivity index (χ0v) is 15.2. The van der Waals surface area contributed by atoms with Crippen molar-refractivity contribution in [2.45, 2.75) is 19.1 Å². The molecule has 2 rings (SSSR count). The van der Waals surface area contributed by atoms with Crippen LogP contribution in [0.2, 0.25) is 0 Å². The fourth-order valence-corrected chi connectivity index (χ4v) is 2.59. The second-order valence-electron chi connectivity index (χ2n) is 5.23. The molecule has 0 heterocycles. The van der Waals surface area contributed by atoms with Crippen LogP contribution < -0.4 is 5.32 Å². The summed E-state index contributed by atoms with van der Waals surface area (Å²) in [7, 11) is 1.23. The fourth-order valence-electron chi connectivity index (χ4n) is 2.19. The van der Waals surface area contributed by atoms with Gasteiger partial charge in [-0.1, -0.05) is 42.5 Å². The van der Waals surface area contributed by atoms with Gasteiger partial charge >= 0.3 is 12.1 Å². The van der Waals surface area contributed by atoms with Crippen molar-refractivity contribution in [3.05, 3.63) is 64.1 Å². The van der Waals surface area contributed by atoms with E-state index in [0.29, 0.717) is 10.0 Å². The Morgan fingerprint density at radius 1 is 1.16 bits per heavy atom. The molecule has 0 radical (unpaired) electrons. The molecule has 2 N–H and O–H groups in total. The SMILES string of the molecule is COC(=O)[C@H](Cc1cccc(Br)c1O)NC(=O)OCc1ccccc1. The average Bonchev–Trinajstić information content (AvgIpc) is 2.63.